The summed E-state index contributed by atoms with van der Waals surface area (Å²) in [6, 6.07) is 22.6. The van der Waals surface area contributed by atoms with Crippen LogP contribution in [0.25, 0.3) is 0 Å². The number of Topliss-reactive ketones (excluding diaryl/α,β-unsaturated/α-hetero) is 3. The predicted octanol–water partition coefficient (Wildman–Crippen LogP) is 6.46. The molecule has 3 atom stereocenters. The van der Waals surface area contributed by atoms with Crippen LogP contribution in [0.5, 0.6) is 0 Å². The van der Waals surface area contributed by atoms with Gasteiger partial charge in [-0.3, -0.25) is 19.3 Å². The Kier molecular flexibility index (Phi) is 37.3. The first-order valence-corrected chi connectivity index (χ1v) is 34.2. The lowest BCUT2D eigenvalue weighted by Gasteiger charge is -2.31. The lowest BCUT2D eigenvalue weighted by atomic mass is 9.96. The molecule has 0 spiro atoms. The second-order valence-electron chi connectivity index (χ2n) is 22.3. The number of hydrogen-bond acceptors (Lipinski definition) is 20. The van der Waals surface area contributed by atoms with E-state index in [-0.39, 0.29) is 50.3 Å². The van der Waals surface area contributed by atoms with Crippen molar-refractivity contribution in [1.82, 2.24) is 10.2 Å². The second-order valence-corrected chi connectivity index (χ2v) is 27.8. The van der Waals surface area contributed by atoms with E-state index in [2.05, 4.69) is 5.32 Å². The summed E-state index contributed by atoms with van der Waals surface area (Å²) in [5.41, 5.74) is 0.0817. The van der Waals surface area contributed by atoms with E-state index in [1.807, 2.05) is 82.8 Å². The highest BCUT2D eigenvalue weighted by atomic mass is 28.4. The maximum atomic E-state index is 12.3. The van der Waals surface area contributed by atoms with E-state index in [4.69, 9.17) is 40.8 Å². The highest BCUT2D eigenvalue weighted by Gasteiger charge is 2.41. The molecule has 20 nitrogen and oxygen atoms in total. The van der Waals surface area contributed by atoms with Gasteiger partial charge in [0.25, 0.3) is 0 Å². The Balaban J connectivity index is 0.000000642. The molecule has 0 saturated carbocycles. The van der Waals surface area contributed by atoms with Gasteiger partial charge >= 0.3 is 17.6 Å². The molecule has 3 rings (SSSR count). The molecule has 3 aromatic carbocycles. The fraction of sp³-hybridized carbons (Fsp3) is 0.667. The third kappa shape index (κ3) is 31.4. The molecule has 3 aromatic rings. The van der Waals surface area contributed by atoms with E-state index in [0.717, 1.165) is 35.7 Å². The van der Waals surface area contributed by atoms with Crippen LogP contribution in [0.3, 0.4) is 0 Å². The molecule has 0 bridgehead atoms. The van der Waals surface area contributed by atoms with Gasteiger partial charge in [-0.05, 0) is 145 Å². The van der Waals surface area contributed by atoms with E-state index < -0.39 is 52.7 Å². The molecule has 0 aromatic heterocycles. The zero-order chi connectivity index (χ0) is 63.5. The third-order valence-electron chi connectivity index (χ3n) is 13.1. The van der Waals surface area contributed by atoms with Gasteiger partial charge in [-0.2, -0.15) is 0 Å². The fourth-order valence-electron chi connectivity index (χ4n) is 8.99. The van der Waals surface area contributed by atoms with Gasteiger partial charge in [0.1, 0.15) is 16.8 Å². The number of rotatable bonds is 47. The number of nitrogens with one attached hydrogen (secondary N) is 1. The number of ketones is 3. The molecule has 0 fully saturated rings. The maximum Gasteiger partial charge on any atom is 0.500 e. The van der Waals surface area contributed by atoms with Crippen molar-refractivity contribution in [1.29, 1.82) is 0 Å². The van der Waals surface area contributed by atoms with Gasteiger partial charge in [0.2, 0.25) is 0 Å². The SMILES string of the molecule is CCO[Si](CCCN(CC(O)COCCc1ccc(C(=O)C(C)(C)O)cc1)CC(O)COCCc1ccc(C(=O)C(C)(C)O)cc1)(OCC)OCC.CCO[Si](CCCNCC(O)COCCc1ccc(C(=O)C(C)(C)O)cc1)(OCC)OCC. The Labute approximate surface area is 509 Å². The Morgan fingerprint density at radius 1 is 0.459 bits per heavy atom. The summed E-state index contributed by atoms with van der Waals surface area (Å²) in [7, 11) is -5.47. The van der Waals surface area contributed by atoms with Gasteiger partial charge in [-0.15, -0.1) is 0 Å². The number of carbonyl (C=O) groups excluding carboxylic acids is 3. The van der Waals surface area contributed by atoms with E-state index in [1.165, 1.54) is 41.5 Å². The summed E-state index contributed by atoms with van der Waals surface area (Å²) < 4.78 is 52.7. The Morgan fingerprint density at radius 2 is 0.741 bits per heavy atom. The van der Waals surface area contributed by atoms with E-state index in [1.54, 1.807) is 36.4 Å². The van der Waals surface area contributed by atoms with Crippen LogP contribution in [0.2, 0.25) is 12.1 Å². The van der Waals surface area contributed by atoms with Crippen molar-refractivity contribution in [3.05, 3.63) is 106 Å². The first kappa shape index (κ1) is 77.5. The van der Waals surface area contributed by atoms with Gasteiger partial charge in [-0.1, -0.05) is 72.8 Å². The standard InChI is InChI=1S/C39H63NO11Si.C24H43NO7Si/c1-8-49-52(50-9-2,51-10-3)25-11-22-40(26-34(41)28-47-23-20-30-12-16-32(17-13-30)36(43)38(4,5)45)27-35(42)29-48-24-21-31-14-18-33(19-15-31)37(44)39(6,7)46;1-6-30-33(31-7-2,32-8-3)17-9-15-25-18-22(26)19-29-16-14-20-10-12-21(13-11-20)23(27)24(4,5)28/h12-19,34-35,41-42,45-46H,8-11,20-29H2,1-7H3;10-13,22,25-26,28H,6-9,14-19H2,1-5H3. The monoisotopic (exact) mass is 1230 g/mol. The van der Waals surface area contributed by atoms with Crippen molar-refractivity contribution in [3.63, 3.8) is 0 Å². The molecule has 0 aliphatic carbocycles. The predicted molar refractivity (Wildman–Crippen MR) is 332 cm³/mol. The molecular weight excluding hydrogens is 1130 g/mol. The van der Waals surface area contributed by atoms with Crippen LogP contribution in [0.1, 0.15) is 144 Å². The van der Waals surface area contributed by atoms with Crippen LogP contribution in [-0.4, -0.2) is 218 Å². The van der Waals surface area contributed by atoms with Gasteiger partial charge in [0.15, 0.2) is 17.3 Å². The molecule has 0 saturated heterocycles. The molecule has 0 aliphatic rings. The van der Waals surface area contributed by atoms with E-state index >= 15 is 0 Å². The number of carbonyl (C=O) groups is 3. The summed E-state index contributed by atoms with van der Waals surface area (Å²) in [6.07, 6.45) is 1.16. The molecule has 484 valence electrons. The molecule has 7 N–H and O–H groups in total. The minimum Gasteiger partial charge on any atom is -0.389 e. The van der Waals surface area contributed by atoms with Gasteiger partial charge in [0, 0.05) is 88.1 Å². The summed E-state index contributed by atoms with van der Waals surface area (Å²) in [4.78, 5) is 38.6. The average molecular weight is 1240 g/mol. The highest BCUT2D eigenvalue weighted by molar-refractivity contribution is 6.61. The van der Waals surface area contributed by atoms with Crippen LogP contribution in [0.15, 0.2) is 72.8 Å². The number of nitrogens with zero attached hydrogens (tertiary/aromatic N) is 1. The van der Waals surface area contributed by atoms with Crippen molar-refractivity contribution in [3.8, 4) is 0 Å². The number of aliphatic hydroxyl groups is 6. The maximum absolute atomic E-state index is 12.3. The molecular formula is C63H106N2O18Si2. The second kappa shape index (κ2) is 40.9. The van der Waals surface area contributed by atoms with Crippen LogP contribution in [-0.2, 0) is 60.0 Å². The quantitative estimate of drug-likeness (QED) is 0.0182. The minimum atomic E-state index is -2.86. The molecule has 22 heteroatoms. The minimum absolute atomic E-state index is 0.105. The topological polar surface area (TPSA) is 271 Å². The molecule has 0 radical (unpaired) electrons. The number of aliphatic hydroxyl groups excluding tert-OH is 3. The first-order chi connectivity index (χ1) is 40.2. The zero-order valence-electron chi connectivity index (χ0n) is 53.2. The van der Waals surface area contributed by atoms with Crippen LogP contribution < -0.4 is 5.32 Å². The van der Waals surface area contributed by atoms with E-state index in [0.29, 0.717) is 121 Å². The fourth-order valence-corrected chi connectivity index (χ4v) is 14.2. The van der Waals surface area contributed by atoms with Crippen molar-refractivity contribution < 1.29 is 85.8 Å². The van der Waals surface area contributed by atoms with Crippen LogP contribution >= 0.6 is 0 Å². The van der Waals surface area contributed by atoms with Crippen molar-refractivity contribution >= 4 is 35.0 Å². The molecule has 0 aliphatic heterocycles. The van der Waals surface area contributed by atoms with Gasteiger partial charge in [0.05, 0.1) is 58.0 Å². The lowest BCUT2D eigenvalue weighted by Crippen LogP contribution is -2.47. The Hall–Kier alpha value is -3.58. The smallest absolute Gasteiger partial charge is 0.389 e. The normalized spacial score (nSPS) is 13.6. The van der Waals surface area contributed by atoms with Gasteiger partial charge < -0.3 is 76.7 Å². The first-order valence-electron chi connectivity index (χ1n) is 30.3. The van der Waals surface area contributed by atoms with Crippen molar-refractivity contribution in [2.45, 2.75) is 162 Å². The summed E-state index contributed by atoms with van der Waals surface area (Å²) in [6.45, 7) is 27.5. The number of hydrogen-bond donors (Lipinski definition) is 7. The summed E-state index contributed by atoms with van der Waals surface area (Å²) in [5.74, 6) is -0.986. The third-order valence-corrected chi connectivity index (χ3v) is 19.5. The molecule has 85 heavy (non-hydrogen) atoms. The van der Waals surface area contributed by atoms with Crippen molar-refractivity contribution in [2.75, 3.05) is 112 Å². The lowest BCUT2D eigenvalue weighted by molar-refractivity contribution is -0.00970. The van der Waals surface area contributed by atoms with Gasteiger partial charge in [-0.25, -0.2) is 0 Å². The summed E-state index contributed by atoms with van der Waals surface area (Å²) >= 11 is 0. The number of ether oxygens (including phenoxy) is 3. The zero-order valence-corrected chi connectivity index (χ0v) is 55.2. The Bertz CT molecular complexity index is 2150. The molecule has 3 unspecified atom stereocenters. The van der Waals surface area contributed by atoms with Crippen LogP contribution in [0.4, 0.5) is 0 Å². The molecule has 0 amide bonds. The number of benzene rings is 3. The van der Waals surface area contributed by atoms with Crippen molar-refractivity contribution in [2.24, 2.45) is 0 Å². The largest absolute Gasteiger partial charge is 0.500 e. The average Bonchev–Trinajstić information content (AvgIpc) is 3.62. The highest BCUT2D eigenvalue weighted by Crippen LogP contribution is 2.21. The summed E-state index contributed by atoms with van der Waals surface area (Å²) in [5, 5.41) is 64.9. The van der Waals surface area contributed by atoms with E-state index in [9.17, 15) is 45.0 Å². The molecule has 0 heterocycles. The van der Waals surface area contributed by atoms with Crippen LogP contribution in [0, 0.1) is 0 Å². The Morgan fingerprint density at radius 3 is 1.02 bits per heavy atom.